The van der Waals surface area contributed by atoms with Gasteiger partial charge in [-0.2, -0.15) is 0 Å². The Labute approximate surface area is 153 Å². The fraction of sp³-hybridized carbons (Fsp3) is 0.750. The van der Waals surface area contributed by atoms with Crippen molar-refractivity contribution >= 4 is 24.1 Å². The molecule has 0 saturated carbocycles. The Hall–Kier alpha value is -2.04. The molecule has 0 aromatic carbocycles. The molecule has 0 saturated heterocycles. The van der Waals surface area contributed by atoms with Crippen molar-refractivity contribution in [1.82, 2.24) is 21.3 Å². The maximum absolute atomic E-state index is 11.5. The van der Waals surface area contributed by atoms with E-state index in [0.29, 0.717) is 39.1 Å². The Balaban J connectivity index is 3.46. The number of amides is 1. The van der Waals surface area contributed by atoms with Gasteiger partial charge >= 0.3 is 11.9 Å². The Morgan fingerprint density at radius 1 is 0.885 bits per heavy atom. The fourth-order valence-corrected chi connectivity index (χ4v) is 2.08. The van der Waals surface area contributed by atoms with Gasteiger partial charge < -0.3 is 36.3 Å². The molecule has 1 amide bonds. The van der Waals surface area contributed by atoms with Crippen molar-refractivity contribution in [3.63, 3.8) is 0 Å². The fourth-order valence-electron chi connectivity index (χ4n) is 2.08. The van der Waals surface area contributed by atoms with E-state index < -0.39 is 24.4 Å². The highest BCUT2D eigenvalue weighted by Crippen LogP contribution is 1.95. The lowest BCUT2D eigenvalue weighted by Gasteiger charge is -2.12. The van der Waals surface area contributed by atoms with E-state index in [0.717, 1.165) is 25.5 Å². The minimum Gasteiger partial charge on any atom is -0.481 e. The van der Waals surface area contributed by atoms with E-state index >= 15 is 0 Å². The number of nitrogens with one attached hydrogen (secondary N) is 4. The van der Waals surface area contributed by atoms with Crippen LogP contribution in [-0.2, 0) is 19.2 Å². The number of unbranched alkanes of at least 4 members (excludes halogenated alkanes) is 3. The minimum absolute atomic E-state index is 0.0833. The SMILES string of the molecule is O=CCCCCCNC(=O)CNCCNCCNC(CC(=O)O)C(=O)O. The van der Waals surface area contributed by atoms with Crippen molar-refractivity contribution in [3.05, 3.63) is 0 Å². The first-order valence-electron chi connectivity index (χ1n) is 8.77. The summed E-state index contributed by atoms with van der Waals surface area (Å²) in [5, 5.41) is 28.9. The number of aldehydes is 1. The van der Waals surface area contributed by atoms with E-state index in [2.05, 4.69) is 21.3 Å². The lowest BCUT2D eigenvalue weighted by Crippen LogP contribution is -2.42. The second kappa shape index (κ2) is 16.4. The van der Waals surface area contributed by atoms with Gasteiger partial charge in [0.05, 0.1) is 13.0 Å². The van der Waals surface area contributed by atoms with Gasteiger partial charge in [-0.15, -0.1) is 0 Å². The van der Waals surface area contributed by atoms with Crippen LogP contribution in [0.4, 0.5) is 0 Å². The van der Waals surface area contributed by atoms with Gasteiger partial charge in [-0.3, -0.25) is 14.4 Å². The number of carbonyl (C=O) groups excluding carboxylic acids is 2. The maximum Gasteiger partial charge on any atom is 0.321 e. The zero-order valence-electron chi connectivity index (χ0n) is 15.0. The normalized spacial score (nSPS) is 11.7. The van der Waals surface area contributed by atoms with Crippen LogP contribution in [0.15, 0.2) is 0 Å². The standard InChI is InChI=1S/C16H30N4O6/c21-10-4-2-1-3-5-20-14(22)12-18-7-6-17-8-9-19-13(16(25)26)11-15(23)24/h10,13,17-19H,1-9,11-12H2,(H,20,22)(H,23,24)(H,25,26). The largest absolute Gasteiger partial charge is 0.481 e. The summed E-state index contributed by atoms with van der Waals surface area (Å²) in [6.07, 6.45) is 3.61. The van der Waals surface area contributed by atoms with Gasteiger partial charge in [-0.25, -0.2) is 0 Å². The van der Waals surface area contributed by atoms with E-state index in [1.807, 2.05) is 0 Å². The van der Waals surface area contributed by atoms with E-state index in [1.54, 1.807) is 0 Å². The number of aliphatic carboxylic acids is 2. The number of carboxylic acids is 2. The molecular formula is C16H30N4O6. The van der Waals surface area contributed by atoms with Crippen molar-refractivity contribution in [1.29, 1.82) is 0 Å². The number of carbonyl (C=O) groups is 4. The molecule has 0 aliphatic rings. The third kappa shape index (κ3) is 15.5. The number of rotatable bonds is 18. The molecule has 1 atom stereocenters. The number of hydrogen-bond donors (Lipinski definition) is 6. The van der Waals surface area contributed by atoms with E-state index in [-0.39, 0.29) is 12.5 Å². The second-order valence-electron chi connectivity index (χ2n) is 5.74. The lowest BCUT2D eigenvalue weighted by atomic mass is 10.2. The molecule has 10 nitrogen and oxygen atoms in total. The molecule has 0 heterocycles. The molecule has 10 heteroatoms. The van der Waals surface area contributed by atoms with Crippen molar-refractivity contribution < 1.29 is 29.4 Å². The van der Waals surface area contributed by atoms with Crippen LogP contribution in [-0.4, -0.2) is 79.7 Å². The summed E-state index contributed by atoms with van der Waals surface area (Å²) in [6, 6.07) is -1.10. The average molecular weight is 374 g/mol. The topological polar surface area (TPSA) is 157 Å². The van der Waals surface area contributed by atoms with Gasteiger partial charge in [0, 0.05) is 39.1 Å². The predicted octanol–water partition coefficient (Wildman–Crippen LogP) is -1.44. The molecular weight excluding hydrogens is 344 g/mol. The van der Waals surface area contributed by atoms with Crippen LogP contribution < -0.4 is 21.3 Å². The molecule has 0 aliphatic heterocycles. The first-order valence-corrected chi connectivity index (χ1v) is 8.77. The molecule has 0 spiro atoms. The summed E-state index contributed by atoms with van der Waals surface area (Å²) in [6.45, 7) is 2.80. The van der Waals surface area contributed by atoms with Crippen molar-refractivity contribution in [2.45, 2.75) is 38.1 Å². The van der Waals surface area contributed by atoms with Gasteiger partial charge in [0.2, 0.25) is 5.91 Å². The predicted molar refractivity (Wildman–Crippen MR) is 95.0 cm³/mol. The highest BCUT2D eigenvalue weighted by Gasteiger charge is 2.19. The second-order valence-corrected chi connectivity index (χ2v) is 5.74. The summed E-state index contributed by atoms with van der Waals surface area (Å²) in [5.41, 5.74) is 0. The first-order chi connectivity index (χ1) is 12.5. The molecule has 1 unspecified atom stereocenters. The summed E-state index contributed by atoms with van der Waals surface area (Å²) >= 11 is 0. The maximum atomic E-state index is 11.5. The van der Waals surface area contributed by atoms with E-state index in [1.165, 1.54) is 0 Å². The zero-order chi connectivity index (χ0) is 19.6. The van der Waals surface area contributed by atoms with Gasteiger partial charge in [0.1, 0.15) is 12.3 Å². The van der Waals surface area contributed by atoms with Crippen LogP contribution in [0.5, 0.6) is 0 Å². The van der Waals surface area contributed by atoms with E-state index in [4.69, 9.17) is 10.2 Å². The van der Waals surface area contributed by atoms with Gasteiger partial charge in [-0.1, -0.05) is 6.42 Å². The molecule has 6 N–H and O–H groups in total. The molecule has 0 rings (SSSR count). The van der Waals surface area contributed by atoms with Gasteiger partial charge in [0.15, 0.2) is 0 Å². The molecule has 0 bridgehead atoms. The quantitative estimate of drug-likeness (QED) is 0.125. The van der Waals surface area contributed by atoms with Gasteiger partial charge in [0.25, 0.3) is 0 Å². The van der Waals surface area contributed by atoms with E-state index in [9.17, 15) is 19.2 Å². The number of carboxylic acid groups (broad SMARTS) is 2. The average Bonchev–Trinajstić information content (AvgIpc) is 2.58. The van der Waals surface area contributed by atoms with Crippen LogP contribution in [0.2, 0.25) is 0 Å². The highest BCUT2D eigenvalue weighted by atomic mass is 16.4. The summed E-state index contributed by atoms with van der Waals surface area (Å²) in [7, 11) is 0. The molecule has 0 radical (unpaired) electrons. The smallest absolute Gasteiger partial charge is 0.321 e. The summed E-state index contributed by atoms with van der Waals surface area (Å²) < 4.78 is 0. The minimum atomic E-state index is -1.19. The van der Waals surface area contributed by atoms with Crippen LogP contribution in [0.3, 0.4) is 0 Å². The molecule has 0 fully saturated rings. The molecule has 0 aliphatic carbocycles. The molecule has 0 aromatic rings. The van der Waals surface area contributed by atoms with Crippen LogP contribution in [0, 0.1) is 0 Å². The lowest BCUT2D eigenvalue weighted by molar-refractivity contribution is -0.145. The molecule has 26 heavy (non-hydrogen) atoms. The summed E-state index contributed by atoms with van der Waals surface area (Å²) in [4.78, 5) is 43.0. The van der Waals surface area contributed by atoms with Gasteiger partial charge in [-0.05, 0) is 12.8 Å². The Bertz CT molecular complexity index is 433. The van der Waals surface area contributed by atoms with Crippen LogP contribution in [0.1, 0.15) is 32.1 Å². The Kier molecular flexibility index (Phi) is 15.1. The third-order valence-electron chi connectivity index (χ3n) is 3.45. The van der Waals surface area contributed by atoms with Crippen LogP contribution >= 0.6 is 0 Å². The highest BCUT2D eigenvalue weighted by molar-refractivity contribution is 5.80. The van der Waals surface area contributed by atoms with Crippen molar-refractivity contribution in [2.24, 2.45) is 0 Å². The van der Waals surface area contributed by atoms with Crippen molar-refractivity contribution in [3.8, 4) is 0 Å². The summed E-state index contributed by atoms with van der Waals surface area (Å²) in [5.74, 6) is -2.44. The third-order valence-corrected chi connectivity index (χ3v) is 3.45. The Morgan fingerprint density at radius 3 is 2.23 bits per heavy atom. The number of hydrogen-bond acceptors (Lipinski definition) is 7. The first kappa shape index (κ1) is 24.0. The Morgan fingerprint density at radius 2 is 1.58 bits per heavy atom. The molecule has 0 aromatic heterocycles. The zero-order valence-corrected chi connectivity index (χ0v) is 15.0. The van der Waals surface area contributed by atoms with Crippen LogP contribution in [0.25, 0.3) is 0 Å². The molecule has 150 valence electrons. The van der Waals surface area contributed by atoms with Crippen molar-refractivity contribution in [2.75, 3.05) is 39.3 Å². The monoisotopic (exact) mass is 374 g/mol.